The number of nitrogens with zero attached hydrogens (tertiary/aromatic N) is 1. The van der Waals surface area contributed by atoms with E-state index >= 15 is 0 Å². The molecule has 1 aromatic rings. The molecular weight excluding hydrogens is 186 g/mol. The number of ketones is 1. The number of fused-ring (bicyclic) bond motifs is 1. The first-order valence-corrected chi connectivity index (χ1v) is 5.80. The number of pyridine rings is 1. The summed E-state index contributed by atoms with van der Waals surface area (Å²) in [6, 6.07) is 1.89. The van der Waals surface area contributed by atoms with Crippen molar-refractivity contribution in [3.8, 4) is 0 Å². The third-order valence-corrected chi connectivity index (χ3v) is 3.97. The molecule has 0 bridgehead atoms. The average molecular weight is 201 g/mol. The molecule has 0 N–H and O–H groups in total. The van der Waals surface area contributed by atoms with Crippen LogP contribution >= 0.6 is 0 Å². The molecule has 2 aliphatic carbocycles. The summed E-state index contributed by atoms with van der Waals surface area (Å²) in [7, 11) is 0. The van der Waals surface area contributed by atoms with E-state index in [0.29, 0.717) is 5.78 Å². The number of carbonyl (C=O) groups excluding carboxylic acids is 1. The normalized spacial score (nSPS) is 23.1. The Bertz CT molecular complexity index is 405. The minimum atomic E-state index is -0.0381. The van der Waals surface area contributed by atoms with Crippen LogP contribution in [0.3, 0.4) is 0 Å². The first-order chi connectivity index (χ1) is 7.32. The summed E-state index contributed by atoms with van der Waals surface area (Å²) in [5, 5.41) is 0. The van der Waals surface area contributed by atoms with E-state index in [1.165, 1.54) is 24.8 Å². The molecule has 0 atom stereocenters. The fourth-order valence-corrected chi connectivity index (χ4v) is 3.15. The standard InChI is InChI=1S/C13H15NO/c15-12-11-4-7-14-9-10(11)8-13(12)5-2-1-3-6-13/h4,7,9H,1-3,5-6,8H2. The Morgan fingerprint density at radius 3 is 2.73 bits per heavy atom. The highest BCUT2D eigenvalue weighted by Gasteiger charge is 2.45. The van der Waals surface area contributed by atoms with Crippen molar-refractivity contribution < 1.29 is 4.79 Å². The van der Waals surface area contributed by atoms with Crippen LogP contribution in [0.25, 0.3) is 0 Å². The van der Waals surface area contributed by atoms with E-state index in [9.17, 15) is 4.79 Å². The summed E-state index contributed by atoms with van der Waals surface area (Å²) in [5.41, 5.74) is 2.07. The first kappa shape index (κ1) is 9.08. The van der Waals surface area contributed by atoms with E-state index in [0.717, 1.165) is 24.8 Å². The van der Waals surface area contributed by atoms with Gasteiger partial charge in [-0.1, -0.05) is 19.3 Å². The van der Waals surface area contributed by atoms with E-state index in [1.54, 1.807) is 6.20 Å². The number of carbonyl (C=O) groups is 1. The zero-order chi connectivity index (χ0) is 10.3. The Kier molecular flexibility index (Phi) is 1.91. The van der Waals surface area contributed by atoms with Crippen molar-refractivity contribution in [2.75, 3.05) is 0 Å². The van der Waals surface area contributed by atoms with Gasteiger partial charge in [-0.05, 0) is 30.9 Å². The lowest BCUT2D eigenvalue weighted by Crippen LogP contribution is -2.30. The van der Waals surface area contributed by atoms with E-state index in [1.807, 2.05) is 12.3 Å². The molecule has 1 spiro atoms. The van der Waals surface area contributed by atoms with Crippen LogP contribution in [0.5, 0.6) is 0 Å². The van der Waals surface area contributed by atoms with Gasteiger partial charge in [0.1, 0.15) is 0 Å². The molecule has 2 heteroatoms. The van der Waals surface area contributed by atoms with E-state index in [4.69, 9.17) is 0 Å². The van der Waals surface area contributed by atoms with Crippen molar-refractivity contribution in [2.45, 2.75) is 38.5 Å². The maximum Gasteiger partial charge on any atom is 0.169 e. The van der Waals surface area contributed by atoms with Gasteiger partial charge in [0, 0.05) is 23.4 Å². The Morgan fingerprint density at radius 1 is 1.20 bits per heavy atom. The summed E-state index contributed by atoms with van der Waals surface area (Å²) in [5.74, 6) is 0.389. The zero-order valence-electron chi connectivity index (χ0n) is 8.83. The molecule has 0 unspecified atom stereocenters. The van der Waals surface area contributed by atoms with Crippen LogP contribution in [0.4, 0.5) is 0 Å². The second kappa shape index (κ2) is 3.16. The zero-order valence-corrected chi connectivity index (χ0v) is 8.83. The van der Waals surface area contributed by atoms with Gasteiger partial charge < -0.3 is 0 Å². The summed E-state index contributed by atoms with van der Waals surface area (Å²) in [6.45, 7) is 0. The van der Waals surface area contributed by atoms with Crippen LogP contribution in [0.15, 0.2) is 18.5 Å². The largest absolute Gasteiger partial charge is 0.294 e. The minimum absolute atomic E-state index is 0.0381. The summed E-state index contributed by atoms with van der Waals surface area (Å²) < 4.78 is 0. The molecule has 2 aliphatic rings. The topological polar surface area (TPSA) is 30.0 Å². The SMILES string of the molecule is O=C1c2ccncc2CC12CCCCC2. The van der Waals surface area contributed by atoms with Crippen molar-refractivity contribution in [1.82, 2.24) is 4.98 Å². The predicted molar refractivity (Wildman–Crippen MR) is 57.8 cm³/mol. The van der Waals surface area contributed by atoms with Crippen LogP contribution in [0, 0.1) is 5.41 Å². The number of aromatic nitrogens is 1. The molecule has 1 heterocycles. The molecule has 1 aromatic heterocycles. The van der Waals surface area contributed by atoms with E-state index in [-0.39, 0.29) is 5.41 Å². The Morgan fingerprint density at radius 2 is 2.00 bits per heavy atom. The molecule has 2 nitrogen and oxygen atoms in total. The van der Waals surface area contributed by atoms with Gasteiger partial charge in [0.25, 0.3) is 0 Å². The predicted octanol–water partition coefficient (Wildman–Crippen LogP) is 2.77. The maximum atomic E-state index is 12.3. The number of hydrogen-bond donors (Lipinski definition) is 0. The van der Waals surface area contributed by atoms with Gasteiger partial charge in [0.05, 0.1) is 0 Å². The molecule has 15 heavy (non-hydrogen) atoms. The molecule has 3 rings (SSSR count). The molecule has 0 saturated heterocycles. The van der Waals surface area contributed by atoms with Gasteiger partial charge in [-0.2, -0.15) is 0 Å². The molecule has 1 fully saturated rings. The van der Waals surface area contributed by atoms with Crippen LogP contribution in [0.1, 0.15) is 48.0 Å². The fraction of sp³-hybridized carbons (Fsp3) is 0.538. The van der Waals surface area contributed by atoms with Crippen LogP contribution in [0.2, 0.25) is 0 Å². The van der Waals surface area contributed by atoms with Gasteiger partial charge >= 0.3 is 0 Å². The molecule has 0 amide bonds. The van der Waals surface area contributed by atoms with Gasteiger partial charge in [-0.25, -0.2) is 0 Å². The lowest BCUT2D eigenvalue weighted by molar-refractivity contribution is 0.0748. The number of hydrogen-bond acceptors (Lipinski definition) is 2. The van der Waals surface area contributed by atoms with Gasteiger partial charge in [0.2, 0.25) is 0 Å². The molecule has 0 aromatic carbocycles. The lowest BCUT2D eigenvalue weighted by atomic mass is 9.71. The summed E-state index contributed by atoms with van der Waals surface area (Å²) in [4.78, 5) is 16.5. The first-order valence-electron chi connectivity index (χ1n) is 5.80. The third-order valence-electron chi connectivity index (χ3n) is 3.97. The molecule has 0 aliphatic heterocycles. The van der Waals surface area contributed by atoms with Crippen LogP contribution < -0.4 is 0 Å². The van der Waals surface area contributed by atoms with Crippen LogP contribution in [-0.2, 0) is 6.42 Å². The molecule has 78 valence electrons. The second-order valence-corrected chi connectivity index (χ2v) is 4.88. The Hall–Kier alpha value is -1.18. The third kappa shape index (κ3) is 1.24. The highest BCUT2D eigenvalue weighted by atomic mass is 16.1. The quantitative estimate of drug-likeness (QED) is 0.646. The number of rotatable bonds is 0. The monoisotopic (exact) mass is 201 g/mol. The minimum Gasteiger partial charge on any atom is -0.294 e. The van der Waals surface area contributed by atoms with Crippen molar-refractivity contribution in [3.63, 3.8) is 0 Å². The average Bonchev–Trinajstić information content (AvgIpc) is 2.54. The Labute approximate surface area is 89.7 Å². The summed E-state index contributed by atoms with van der Waals surface area (Å²) in [6.07, 6.45) is 10.4. The highest BCUT2D eigenvalue weighted by Crippen LogP contribution is 2.46. The van der Waals surface area contributed by atoms with E-state index in [2.05, 4.69) is 4.98 Å². The smallest absolute Gasteiger partial charge is 0.169 e. The maximum absolute atomic E-state index is 12.3. The molecule has 1 saturated carbocycles. The van der Waals surface area contributed by atoms with Gasteiger partial charge in [-0.15, -0.1) is 0 Å². The fourth-order valence-electron chi connectivity index (χ4n) is 3.15. The van der Waals surface area contributed by atoms with Gasteiger partial charge in [0.15, 0.2) is 5.78 Å². The van der Waals surface area contributed by atoms with Crippen molar-refractivity contribution in [2.24, 2.45) is 5.41 Å². The summed E-state index contributed by atoms with van der Waals surface area (Å²) >= 11 is 0. The molecule has 0 radical (unpaired) electrons. The Balaban J connectivity index is 2.01. The lowest BCUT2D eigenvalue weighted by Gasteiger charge is -2.31. The highest BCUT2D eigenvalue weighted by molar-refractivity contribution is 6.04. The van der Waals surface area contributed by atoms with E-state index < -0.39 is 0 Å². The van der Waals surface area contributed by atoms with Crippen molar-refractivity contribution in [3.05, 3.63) is 29.6 Å². The van der Waals surface area contributed by atoms with Gasteiger partial charge in [-0.3, -0.25) is 9.78 Å². The number of Topliss-reactive ketones (excluding diaryl/α,β-unsaturated/α-hetero) is 1. The van der Waals surface area contributed by atoms with Crippen molar-refractivity contribution >= 4 is 5.78 Å². The molecular formula is C13H15NO. The van der Waals surface area contributed by atoms with Crippen LogP contribution in [-0.4, -0.2) is 10.8 Å². The second-order valence-electron chi connectivity index (χ2n) is 4.88. The van der Waals surface area contributed by atoms with Crippen molar-refractivity contribution in [1.29, 1.82) is 0 Å².